The number of hydrogen-bond donors (Lipinski definition) is 1. The summed E-state index contributed by atoms with van der Waals surface area (Å²) in [5.74, 6) is -2.56. The molecule has 21 heavy (non-hydrogen) atoms. The molecule has 0 bridgehead atoms. The molecule has 1 nitrogen and oxygen atoms in total. The highest BCUT2D eigenvalue weighted by atomic mass is 19.3. The van der Waals surface area contributed by atoms with Gasteiger partial charge in [-0.15, -0.1) is 0 Å². The van der Waals surface area contributed by atoms with E-state index in [1.165, 1.54) is 51.4 Å². The third-order valence-electron chi connectivity index (χ3n) is 4.28. The molecule has 0 aromatic carbocycles. The first-order chi connectivity index (χ1) is 9.83. The minimum Gasteiger partial charge on any atom is -0.311 e. The van der Waals surface area contributed by atoms with Crippen molar-refractivity contribution in [1.29, 1.82) is 0 Å². The summed E-state index contributed by atoms with van der Waals surface area (Å²) in [6.07, 6.45) is 12.1. The molecular formula is C18H37F2N. The zero-order chi connectivity index (χ0) is 16.2. The number of nitrogens with one attached hydrogen (secondary N) is 1. The quantitative estimate of drug-likeness (QED) is 0.370. The van der Waals surface area contributed by atoms with E-state index in [-0.39, 0.29) is 12.0 Å². The molecule has 0 amide bonds. The largest absolute Gasteiger partial charge is 0.311 e. The van der Waals surface area contributed by atoms with Crippen LogP contribution in [0.1, 0.15) is 98.3 Å². The lowest BCUT2D eigenvalue weighted by atomic mass is 9.88. The molecule has 0 atom stereocenters. The Bertz CT molecular complexity index is 224. The second-order valence-electron chi connectivity index (χ2n) is 6.93. The van der Waals surface area contributed by atoms with Crippen LogP contribution < -0.4 is 5.32 Å². The van der Waals surface area contributed by atoms with Crippen LogP contribution in [0.3, 0.4) is 0 Å². The van der Waals surface area contributed by atoms with Crippen LogP contribution in [0, 0.1) is 0 Å². The van der Waals surface area contributed by atoms with Gasteiger partial charge < -0.3 is 5.32 Å². The van der Waals surface area contributed by atoms with Gasteiger partial charge in [0, 0.05) is 18.5 Å². The molecule has 0 heterocycles. The molecule has 0 aliphatic rings. The minimum absolute atomic E-state index is 0.0345. The van der Waals surface area contributed by atoms with E-state index >= 15 is 0 Å². The molecule has 0 saturated carbocycles. The fourth-order valence-electron chi connectivity index (χ4n) is 2.77. The molecule has 3 heteroatoms. The van der Waals surface area contributed by atoms with Gasteiger partial charge >= 0.3 is 0 Å². The lowest BCUT2D eigenvalue weighted by molar-refractivity contribution is 0.0112. The third kappa shape index (κ3) is 13.2. The van der Waals surface area contributed by atoms with E-state index in [2.05, 4.69) is 26.1 Å². The average molecular weight is 305 g/mol. The number of hydrogen-bond acceptors (Lipinski definition) is 1. The van der Waals surface area contributed by atoms with Crippen molar-refractivity contribution in [1.82, 2.24) is 5.32 Å². The van der Waals surface area contributed by atoms with Crippen LogP contribution in [0.2, 0.25) is 0 Å². The molecule has 0 fully saturated rings. The second-order valence-corrected chi connectivity index (χ2v) is 6.93. The van der Waals surface area contributed by atoms with E-state index in [9.17, 15) is 8.78 Å². The Labute approximate surface area is 131 Å². The summed E-state index contributed by atoms with van der Waals surface area (Å²) in [5, 5.41) is 3.43. The highest BCUT2D eigenvalue weighted by molar-refractivity contribution is 4.83. The standard InChI is InChI=1S/C18H37F2N/c1-5-7-9-11-13-17(3,14-12-10-8-6-2)21-16-15-18(4,19)20/h21H,5-16H2,1-4H3. The van der Waals surface area contributed by atoms with Crippen molar-refractivity contribution in [3.8, 4) is 0 Å². The molecule has 0 saturated heterocycles. The summed E-state index contributed by atoms with van der Waals surface area (Å²) in [5.41, 5.74) is 0.0345. The molecule has 0 unspecified atom stereocenters. The summed E-state index contributed by atoms with van der Waals surface area (Å²) in [4.78, 5) is 0. The third-order valence-corrected chi connectivity index (χ3v) is 4.28. The molecule has 0 aromatic rings. The van der Waals surface area contributed by atoms with E-state index in [0.29, 0.717) is 6.54 Å². The lowest BCUT2D eigenvalue weighted by Gasteiger charge is -2.32. The van der Waals surface area contributed by atoms with Crippen LogP contribution >= 0.6 is 0 Å². The highest BCUT2D eigenvalue weighted by Gasteiger charge is 2.25. The van der Waals surface area contributed by atoms with E-state index in [4.69, 9.17) is 0 Å². The van der Waals surface area contributed by atoms with Crippen molar-refractivity contribution in [2.75, 3.05) is 6.54 Å². The smallest absolute Gasteiger partial charge is 0.246 e. The van der Waals surface area contributed by atoms with Crippen LogP contribution in [-0.4, -0.2) is 18.0 Å². The van der Waals surface area contributed by atoms with Gasteiger partial charge in [0.25, 0.3) is 0 Å². The monoisotopic (exact) mass is 305 g/mol. The summed E-state index contributed by atoms with van der Waals surface area (Å²) < 4.78 is 25.9. The van der Waals surface area contributed by atoms with Gasteiger partial charge in [-0.05, 0) is 26.7 Å². The summed E-state index contributed by atoms with van der Waals surface area (Å²) in [6.45, 7) is 8.08. The van der Waals surface area contributed by atoms with E-state index in [1.54, 1.807) is 0 Å². The predicted octanol–water partition coefficient (Wildman–Crippen LogP) is 6.32. The zero-order valence-corrected chi connectivity index (χ0v) is 14.7. The number of halogens is 2. The van der Waals surface area contributed by atoms with Crippen molar-refractivity contribution in [3.63, 3.8) is 0 Å². The first-order valence-corrected chi connectivity index (χ1v) is 8.96. The van der Waals surface area contributed by atoms with Crippen LogP contribution in [0.15, 0.2) is 0 Å². The van der Waals surface area contributed by atoms with Gasteiger partial charge in [-0.3, -0.25) is 0 Å². The van der Waals surface area contributed by atoms with Crippen LogP contribution in [0.5, 0.6) is 0 Å². The lowest BCUT2D eigenvalue weighted by Crippen LogP contribution is -2.43. The Morgan fingerprint density at radius 3 is 1.57 bits per heavy atom. The maximum atomic E-state index is 13.0. The zero-order valence-electron chi connectivity index (χ0n) is 14.7. The molecule has 1 N–H and O–H groups in total. The van der Waals surface area contributed by atoms with E-state index in [0.717, 1.165) is 19.8 Å². The van der Waals surface area contributed by atoms with E-state index < -0.39 is 5.92 Å². The molecule has 0 rings (SSSR count). The normalized spacial score (nSPS) is 12.9. The van der Waals surface area contributed by atoms with Crippen molar-refractivity contribution in [2.45, 2.75) is 110 Å². The van der Waals surface area contributed by atoms with Gasteiger partial charge in [0.2, 0.25) is 5.92 Å². The summed E-state index contributed by atoms with van der Waals surface area (Å²) in [6, 6.07) is 0. The highest BCUT2D eigenvalue weighted by Crippen LogP contribution is 2.24. The molecule has 0 radical (unpaired) electrons. The van der Waals surface area contributed by atoms with Gasteiger partial charge in [-0.2, -0.15) is 0 Å². The molecule has 0 aromatic heterocycles. The van der Waals surface area contributed by atoms with Crippen molar-refractivity contribution < 1.29 is 8.78 Å². The van der Waals surface area contributed by atoms with E-state index in [1.807, 2.05) is 0 Å². The molecule has 0 aliphatic heterocycles. The molecule has 0 spiro atoms. The molecule has 128 valence electrons. The fourth-order valence-corrected chi connectivity index (χ4v) is 2.77. The SMILES string of the molecule is CCCCCCC(C)(CCCCCC)NCCC(C)(F)F. The minimum atomic E-state index is -2.56. The Morgan fingerprint density at radius 1 is 0.714 bits per heavy atom. The van der Waals surface area contributed by atoms with Gasteiger partial charge in [0.05, 0.1) is 0 Å². The van der Waals surface area contributed by atoms with Crippen LogP contribution in [0.25, 0.3) is 0 Å². The Hall–Kier alpha value is -0.180. The Balaban J connectivity index is 4.16. The first-order valence-electron chi connectivity index (χ1n) is 8.96. The van der Waals surface area contributed by atoms with Crippen LogP contribution in [-0.2, 0) is 0 Å². The molecule has 0 aliphatic carbocycles. The van der Waals surface area contributed by atoms with Gasteiger partial charge in [-0.25, -0.2) is 8.78 Å². The topological polar surface area (TPSA) is 12.0 Å². The molecular weight excluding hydrogens is 268 g/mol. The van der Waals surface area contributed by atoms with Crippen molar-refractivity contribution >= 4 is 0 Å². The number of rotatable bonds is 14. The Morgan fingerprint density at radius 2 is 1.19 bits per heavy atom. The number of unbranched alkanes of at least 4 members (excludes halogenated alkanes) is 6. The average Bonchev–Trinajstić information content (AvgIpc) is 2.39. The van der Waals surface area contributed by atoms with Crippen LogP contribution in [0.4, 0.5) is 8.78 Å². The maximum Gasteiger partial charge on any atom is 0.246 e. The van der Waals surface area contributed by atoms with Crippen molar-refractivity contribution in [2.24, 2.45) is 0 Å². The van der Waals surface area contributed by atoms with Gasteiger partial charge in [-0.1, -0.05) is 65.2 Å². The summed E-state index contributed by atoms with van der Waals surface area (Å²) >= 11 is 0. The summed E-state index contributed by atoms with van der Waals surface area (Å²) in [7, 11) is 0. The van der Waals surface area contributed by atoms with Gasteiger partial charge in [0.1, 0.15) is 0 Å². The fraction of sp³-hybridized carbons (Fsp3) is 1.00. The predicted molar refractivity (Wildman–Crippen MR) is 89.2 cm³/mol. The Kier molecular flexibility index (Phi) is 11.3. The van der Waals surface area contributed by atoms with Gasteiger partial charge in [0.15, 0.2) is 0 Å². The number of alkyl halides is 2. The second kappa shape index (κ2) is 11.4. The van der Waals surface area contributed by atoms with Crippen molar-refractivity contribution in [3.05, 3.63) is 0 Å². The maximum absolute atomic E-state index is 13.0. The first kappa shape index (κ1) is 20.8.